The first-order valence-electron chi connectivity index (χ1n) is 15.0. The van der Waals surface area contributed by atoms with Gasteiger partial charge in [-0.15, -0.1) is 12.4 Å². The zero-order valence-corrected chi connectivity index (χ0v) is 27.3. The fourth-order valence-corrected chi connectivity index (χ4v) is 5.39. The molecule has 0 aliphatic heterocycles. The van der Waals surface area contributed by atoms with Crippen LogP contribution in [-0.2, 0) is 11.3 Å². The smallest absolute Gasteiger partial charge is 0.258 e. The molecule has 0 saturated carbocycles. The second kappa shape index (κ2) is 16.2. The summed E-state index contributed by atoms with van der Waals surface area (Å²) in [5.41, 5.74) is 11.3. The van der Waals surface area contributed by atoms with Crippen LogP contribution in [0.2, 0.25) is 5.02 Å². The molecule has 5 aromatic carbocycles. The van der Waals surface area contributed by atoms with E-state index in [4.69, 9.17) is 22.1 Å². The van der Waals surface area contributed by atoms with E-state index >= 15 is 0 Å². The molecular weight excluding hydrogens is 617 g/mol. The molecule has 0 aromatic heterocycles. The maximum atomic E-state index is 13.9. The van der Waals surface area contributed by atoms with Gasteiger partial charge in [-0.05, 0) is 77.6 Å². The Hall–Kier alpha value is -4.46. The lowest BCUT2D eigenvalue weighted by atomic mass is 9.93. The first kappa shape index (κ1) is 34.4. The van der Waals surface area contributed by atoms with Gasteiger partial charge >= 0.3 is 0 Å². The number of benzene rings is 5. The van der Waals surface area contributed by atoms with Gasteiger partial charge in [0.15, 0.2) is 0 Å². The maximum absolute atomic E-state index is 13.9. The summed E-state index contributed by atoms with van der Waals surface area (Å²) >= 11 is 6.43. The summed E-state index contributed by atoms with van der Waals surface area (Å²) in [6.45, 7) is 4.28. The number of hydrogen-bond donors (Lipinski definition) is 3. The van der Waals surface area contributed by atoms with Crippen LogP contribution in [0.25, 0.3) is 22.3 Å². The van der Waals surface area contributed by atoms with Gasteiger partial charge in [0, 0.05) is 34.8 Å². The van der Waals surface area contributed by atoms with Crippen LogP contribution >= 0.6 is 24.0 Å². The van der Waals surface area contributed by atoms with Gasteiger partial charge in [-0.25, -0.2) is 0 Å². The average molecular weight is 655 g/mol. The molecule has 0 fully saturated rings. The van der Waals surface area contributed by atoms with Crippen LogP contribution < -0.4 is 21.1 Å². The fraction of sp³-hybridized carbons (Fsp3) is 0.158. The van der Waals surface area contributed by atoms with Crippen molar-refractivity contribution in [3.05, 3.63) is 143 Å². The van der Waals surface area contributed by atoms with E-state index in [0.29, 0.717) is 46.2 Å². The molecule has 2 atom stereocenters. The second-order valence-corrected chi connectivity index (χ2v) is 11.2. The molecule has 0 saturated heterocycles. The van der Waals surface area contributed by atoms with Crippen molar-refractivity contribution >= 4 is 35.8 Å². The Bertz CT molecular complexity index is 1780. The van der Waals surface area contributed by atoms with E-state index in [1.54, 1.807) is 18.2 Å². The zero-order valence-electron chi connectivity index (χ0n) is 25.7. The van der Waals surface area contributed by atoms with Crippen LogP contribution in [0.3, 0.4) is 0 Å². The molecule has 0 radical (unpaired) electrons. The van der Waals surface area contributed by atoms with Crippen molar-refractivity contribution in [3.8, 4) is 33.8 Å². The third-order valence-corrected chi connectivity index (χ3v) is 7.91. The van der Waals surface area contributed by atoms with Gasteiger partial charge in [-0.1, -0.05) is 97.4 Å². The van der Waals surface area contributed by atoms with Crippen LogP contribution in [0.1, 0.15) is 47.8 Å². The number of nitrogens with two attached hydrogens (primary N) is 1. The van der Waals surface area contributed by atoms with E-state index < -0.39 is 17.9 Å². The van der Waals surface area contributed by atoms with E-state index in [1.807, 2.05) is 117 Å². The van der Waals surface area contributed by atoms with Crippen LogP contribution in [0.15, 0.2) is 121 Å². The topological polar surface area (TPSA) is 93.5 Å². The first-order valence-corrected chi connectivity index (χ1v) is 15.4. The molecule has 0 aliphatic carbocycles. The van der Waals surface area contributed by atoms with Crippen molar-refractivity contribution in [1.82, 2.24) is 10.6 Å². The number of carbonyl (C=O) groups is 2. The van der Waals surface area contributed by atoms with Crippen molar-refractivity contribution in [1.29, 1.82) is 0 Å². The highest BCUT2D eigenvalue weighted by atomic mass is 35.5. The number of carbonyl (C=O) groups excluding carboxylic acids is 2. The summed E-state index contributed by atoms with van der Waals surface area (Å²) in [5, 5.41) is 6.49. The van der Waals surface area contributed by atoms with Crippen LogP contribution in [-0.4, -0.2) is 17.9 Å². The first-order chi connectivity index (χ1) is 21.9. The summed E-state index contributed by atoms with van der Waals surface area (Å²) in [6.07, 6.45) is 0.507. The Morgan fingerprint density at radius 2 is 1.52 bits per heavy atom. The van der Waals surface area contributed by atoms with Gasteiger partial charge in [-0.3, -0.25) is 20.2 Å². The van der Waals surface area contributed by atoms with E-state index in [-0.39, 0.29) is 18.4 Å². The number of halogens is 2. The number of nitrogens with one attached hydrogen (secondary N) is 2. The quantitative estimate of drug-likeness (QED) is 0.133. The third kappa shape index (κ3) is 8.42. The lowest BCUT2D eigenvalue weighted by Gasteiger charge is -2.22. The second-order valence-electron chi connectivity index (χ2n) is 10.8. The SMILES string of the molecule is CCC(N[C@@H](C)c1ccccc1)C(=O)NC(=O)c1ccc(-c2ccccc2)cc1-c1ccc(Cl)cc1Oc1cccc(CN)c1.Cl. The Labute approximate surface area is 281 Å². The van der Waals surface area contributed by atoms with Gasteiger partial charge in [0.1, 0.15) is 11.5 Å². The normalized spacial score (nSPS) is 12.0. The molecule has 4 N–H and O–H groups in total. The maximum Gasteiger partial charge on any atom is 0.258 e. The number of imide groups is 1. The predicted molar refractivity (Wildman–Crippen MR) is 189 cm³/mol. The summed E-state index contributed by atoms with van der Waals surface area (Å²) in [4.78, 5) is 27.3. The van der Waals surface area contributed by atoms with E-state index in [2.05, 4.69) is 10.6 Å². The van der Waals surface area contributed by atoms with Crippen LogP contribution in [0, 0.1) is 0 Å². The largest absolute Gasteiger partial charge is 0.457 e. The van der Waals surface area contributed by atoms with E-state index in [0.717, 1.165) is 22.3 Å². The Kier molecular flexibility index (Phi) is 12.1. The Morgan fingerprint density at radius 3 is 2.22 bits per heavy atom. The molecule has 8 heteroatoms. The highest BCUT2D eigenvalue weighted by Gasteiger charge is 2.24. The molecular formula is C38H37Cl2N3O3. The fourth-order valence-electron chi connectivity index (χ4n) is 5.23. The van der Waals surface area contributed by atoms with Gasteiger partial charge in [0.2, 0.25) is 5.91 Å². The molecule has 1 unspecified atom stereocenters. The lowest BCUT2D eigenvalue weighted by Crippen LogP contribution is -2.46. The molecule has 5 rings (SSSR count). The summed E-state index contributed by atoms with van der Waals surface area (Å²) in [6, 6.07) is 37.5. The van der Waals surface area contributed by atoms with Crippen molar-refractivity contribution in [2.75, 3.05) is 0 Å². The minimum absolute atomic E-state index is 0. The molecule has 46 heavy (non-hydrogen) atoms. The lowest BCUT2D eigenvalue weighted by molar-refractivity contribution is -0.122. The van der Waals surface area contributed by atoms with Gasteiger partial charge in [-0.2, -0.15) is 0 Å². The molecule has 2 amide bonds. The number of amides is 2. The average Bonchev–Trinajstić information content (AvgIpc) is 3.07. The summed E-state index contributed by atoms with van der Waals surface area (Å²) in [5.74, 6) is 0.154. The third-order valence-electron chi connectivity index (χ3n) is 7.68. The van der Waals surface area contributed by atoms with Gasteiger partial charge in [0.05, 0.1) is 6.04 Å². The van der Waals surface area contributed by atoms with Crippen molar-refractivity contribution < 1.29 is 14.3 Å². The molecule has 5 aromatic rings. The standard InChI is InChI=1S/C38H36ClN3O3.ClH/c1-3-35(41-25(2)27-12-6-4-7-13-27)38(44)42-37(43)33-19-17-29(28-14-8-5-9-15-28)22-34(33)32-20-18-30(39)23-36(32)45-31-16-10-11-26(21-31)24-40;/h4-23,25,35,41H,3,24,40H2,1-2H3,(H,42,43,44);1H/t25-,35?;/m0./s1. The van der Waals surface area contributed by atoms with Gasteiger partial charge < -0.3 is 10.5 Å². The van der Waals surface area contributed by atoms with Gasteiger partial charge in [0.25, 0.3) is 5.91 Å². The Morgan fingerprint density at radius 1 is 0.804 bits per heavy atom. The Balaban J connectivity index is 0.00000480. The van der Waals surface area contributed by atoms with Crippen molar-refractivity contribution in [2.24, 2.45) is 5.73 Å². The van der Waals surface area contributed by atoms with Crippen LogP contribution in [0.5, 0.6) is 11.5 Å². The molecule has 0 heterocycles. The number of ether oxygens (including phenoxy) is 1. The molecule has 236 valence electrons. The van der Waals surface area contributed by atoms with Crippen LogP contribution in [0.4, 0.5) is 0 Å². The number of rotatable bonds is 11. The highest BCUT2D eigenvalue weighted by Crippen LogP contribution is 2.39. The highest BCUT2D eigenvalue weighted by molar-refractivity contribution is 6.30. The minimum Gasteiger partial charge on any atom is -0.457 e. The zero-order chi connectivity index (χ0) is 31.8. The summed E-state index contributed by atoms with van der Waals surface area (Å²) in [7, 11) is 0. The van der Waals surface area contributed by atoms with Crippen molar-refractivity contribution in [2.45, 2.75) is 38.9 Å². The summed E-state index contributed by atoms with van der Waals surface area (Å²) < 4.78 is 6.34. The molecule has 0 bridgehead atoms. The van der Waals surface area contributed by atoms with Crippen molar-refractivity contribution in [3.63, 3.8) is 0 Å². The molecule has 0 spiro atoms. The van der Waals surface area contributed by atoms with E-state index in [9.17, 15) is 9.59 Å². The number of hydrogen-bond acceptors (Lipinski definition) is 5. The monoisotopic (exact) mass is 653 g/mol. The molecule has 6 nitrogen and oxygen atoms in total. The van der Waals surface area contributed by atoms with E-state index in [1.165, 1.54) is 0 Å². The molecule has 0 aliphatic rings. The minimum atomic E-state index is -0.569. The predicted octanol–water partition coefficient (Wildman–Crippen LogP) is 8.73.